The van der Waals surface area contributed by atoms with E-state index < -0.39 is 0 Å². The summed E-state index contributed by atoms with van der Waals surface area (Å²) in [6.07, 6.45) is 6.65. The fraction of sp³-hybridized carbons (Fsp3) is 0.0952. The summed E-state index contributed by atoms with van der Waals surface area (Å²) >= 11 is 0. The zero-order valence-corrected chi connectivity index (χ0v) is 14.1. The van der Waals surface area contributed by atoms with Crippen molar-refractivity contribution in [2.75, 3.05) is 7.11 Å². The predicted octanol–water partition coefficient (Wildman–Crippen LogP) is 4.00. The lowest BCUT2D eigenvalue weighted by molar-refractivity contribution is -0.104. The summed E-state index contributed by atoms with van der Waals surface area (Å²) in [4.78, 5) is 26.5. The number of fused-ring (bicyclic) bond motifs is 1. The molecule has 0 aliphatic heterocycles. The van der Waals surface area contributed by atoms with Crippen LogP contribution in [-0.4, -0.2) is 24.7 Å². The molecule has 26 heavy (non-hydrogen) atoms. The molecule has 0 unspecified atom stereocenters. The average Bonchev–Trinajstić information content (AvgIpc) is 2.67. The van der Waals surface area contributed by atoms with Gasteiger partial charge in [-0.1, -0.05) is 18.2 Å². The van der Waals surface area contributed by atoms with E-state index in [1.165, 1.54) is 25.3 Å². The third-order valence-electron chi connectivity index (χ3n) is 4.05. The summed E-state index contributed by atoms with van der Waals surface area (Å²) in [6.45, 7) is 0. The highest BCUT2D eigenvalue weighted by atomic mass is 19.1. The van der Waals surface area contributed by atoms with Gasteiger partial charge in [0.1, 0.15) is 17.6 Å². The Labute approximate surface area is 149 Å². The molecule has 2 aromatic carbocycles. The van der Waals surface area contributed by atoms with Gasteiger partial charge in [-0.05, 0) is 53.5 Å². The molecule has 1 heterocycles. The summed E-state index contributed by atoms with van der Waals surface area (Å²) in [5.74, 6) is 0.115. The molecule has 0 N–H and O–H groups in total. The molecule has 0 aliphatic rings. The Morgan fingerprint density at radius 2 is 1.85 bits per heavy atom. The average molecular weight is 349 g/mol. The molecule has 0 amide bonds. The number of aldehydes is 2. The highest BCUT2D eigenvalue weighted by Crippen LogP contribution is 2.32. The van der Waals surface area contributed by atoms with Gasteiger partial charge < -0.3 is 4.74 Å². The largest absolute Gasteiger partial charge is 0.494 e. The molecule has 0 radical (unpaired) electrons. The Morgan fingerprint density at radius 1 is 1.08 bits per heavy atom. The van der Waals surface area contributed by atoms with Gasteiger partial charge >= 0.3 is 0 Å². The highest BCUT2D eigenvalue weighted by Gasteiger charge is 2.13. The van der Waals surface area contributed by atoms with E-state index in [1.807, 2.05) is 6.07 Å². The van der Waals surface area contributed by atoms with Crippen LogP contribution in [0.15, 0.2) is 48.7 Å². The van der Waals surface area contributed by atoms with Crippen molar-refractivity contribution in [2.24, 2.45) is 0 Å². The lowest BCUT2D eigenvalue weighted by atomic mass is 9.99. The van der Waals surface area contributed by atoms with Gasteiger partial charge in [0, 0.05) is 11.6 Å². The minimum Gasteiger partial charge on any atom is -0.494 e. The van der Waals surface area contributed by atoms with Crippen molar-refractivity contribution in [3.8, 4) is 5.75 Å². The topological polar surface area (TPSA) is 56.3 Å². The monoisotopic (exact) mass is 349 g/mol. The minimum absolute atomic E-state index is 0.280. The van der Waals surface area contributed by atoms with Crippen LogP contribution in [0.25, 0.3) is 17.0 Å². The number of pyridine rings is 1. The Morgan fingerprint density at radius 3 is 2.50 bits per heavy atom. The van der Waals surface area contributed by atoms with Crippen molar-refractivity contribution >= 4 is 29.6 Å². The van der Waals surface area contributed by atoms with Crippen LogP contribution in [-0.2, 0) is 11.2 Å². The number of rotatable bonds is 6. The van der Waals surface area contributed by atoms with Gasteiger partial charge in [0.15, 0.2) is 12.0 Å². The van der Waals surface area contributed by atoms with Crippen LogP contribution in [0.2, 0.25) is 0 Å². The van der Waals surface area contributed by atoms with Crippen molar-refractivity contribution in [3.63, 3.8) is 0 Å². The first-order valence-corrected chi connectivity index (χ1v) is 7.97. The standard InChI is InChI=1S/C21H16FNO3/c1-26-21-17(13-25)11-16(3-2-8-24)19-10-15(12-23-20(19)21)9-14-4-6-18(22)7-5-14/h2-8,10-13H,9H2,1H3/b3-2+. The van der Waals surface area contributed by atoms with Crippen LogP contribution in [0, 0.1) is 5.82 Å². The molecule has 0 spiro atoms. The highest BCUT2D eigenvalue weighted by molar-refractivity contribution is 5.99. The summed E-state index contributed by atoms with van der Waals surface area (Å²) in [6, 6.07) is 9.89. The maximum atomic E-state index is 13.1. The first-order chi connectivity index (χ1) is 12.7. The minimum atomic E-state index is -0.280. The van der Waals surface area contributed by atoms with Gasteiger partial charge in [0.25, 0.3) is 0 Å². The Balaban J connectivity index is 2.14. The molecule has 4 nitrogen and oxygen atoms in total. The second-order valence-electron chi connectivity index (χ2n) is 5.74. The smallest absolute Gasteiger partial charge is 0.155 e. The van der Waals surface area contributed by atoms with Crippen LogP contribution < -0.4 is 4.74 Å². The van der Waals surface area contributed by atoms with E-state index in [2.05, 4.69) is 4.98 Å². The summed E-state index contributed by atoms with van der Waals surface area (Å²) in [5, 5.41) is 0.769. The van der Waals surface area contributed by atoms with Crippen molar-refractivity contribution in [3.05, 3.63) is 76.7 Å². The van der Waals surface area contributed by atoms with Gasteiger partial charge in [0.2, 0.25) is 0 Å². The van der Waals surface area contributed by atoms with E-state index in [0.717, 1.165) is 16.5 Å². The number of nitrogens with zero attached hydrogens (tertiary/aromatic N) is 1. The normalized spacial score (nSPS) is 11.0. The number of benzene rings is 2. The molecule has 0 saturated heterocycles. The van der Waals surface area contributed by atoms with Gasteiger partial charge in [-0.2, -0.15) is 0 Å². The summed E-state index contributed by atoms with van der Waals surface area (Å²) < 4.78 is 18.4. The van der Waals surface area contributed by atoms with Crippen LogP contribution in [0.5, 0.6) is 5.75 Å². The zero-order chi connectivity index (χ0) is 18.5. The zero-order valence-electron chi connectivity index (χ0n) is 14.1. The number of ether oxygens (including phenoxy) is 1. The van der Waals surface area contributed by atoms with Crippen molar-refractivity contribution in [2.45, 2.75) is 6.42 Å². The number of hydrogen-bond donors (Lipinski definition) is 0. The van der Waals surface area contributed by atoms with Crippen molar-refractivity contribution in [1.29, 1.82) is 0 Å². The molecule has 5 heteroatoms. The van der Waals surface area contributed by atoms with E-state index in [-0.39, 0.29) is 5.82 Å². The van der Waals surface area contributed by atoms with Crippen molar-refractivity contribution in [1.82, 2.24) is 4.98 Å². The molecule has 3 rings (SSSR count). The summed E-state index contributed by atoms with van der Waals surface area (Å²) in [7, 11) is 1.48. The number of hydrogen-bond acceptors (Lipinski definition) is 4. The summed E-state index contributed by atoms with van der Waals surface area (Å²) in [5.41, 5.74) is 3.48. The molecule has 1 aromatic heterocycles. The molecule has 0 aliphatic carbocycles. The molecule has 0 saturated carbocycles. The third-order valence-corrected chi connectivity index (χ3v) is 4.05. The molecule has 130 valence electrons. The van der Waals surface area contributed by atoms with Gasteiger partial charge in [-0.3, -0.25) is 14.6 Å². The van der Waals surface area contributed by atoms with Crippen LogP contribution in [0.1, 0.15) is 27.0 Å². The molecular weight excluding hydrogens is 333 g/mol. The van der Waals surface area contributed by atoms with E-state index in [0.29, 0.717) is 41.4 Å². The number of methoxy groups -OCH3 is 1. The Hall–Kier alpha value is -3.34. The van der Waals surface area contributed by atoms with Gasteiger partial charge in [-0.15, -0.1) is 0 Å². The quantitative estimate of drug-likeness (QED) is 0.499. The number of allylic oxidation sites excluding steroid dienone is 1. The number of carbonyl (C=O) groups is 2. The number of carbonyl (C=O) groups excluding carboxylic acids is 2. The molecular formula is C21H16FNO3. The predicted molar refractivity (Wildman–Crippen MR) is 98.0 cm³/mol. The van der Waals surface area contributed by atoms with Crippen LogP contribution in [0.4, 0.5) is 4.39 Å². The molecule has 0 atom stereocenters. The lowest BCUT2D eigenvalue weighted by Crippen LogP contribution is -1.98. The SMILES string of the molecule is COc1c(C=O)cc(/C=C/C=O)c2cc(Cc3ccc(F)cc3)cnc12. The van der Waals surface area contributed by atoms with Gasteiger partial charge in [0.05, 0.1) is 12.7 Å². The molecule has 3 aromatic rings. The lowest BCUT2D eigenvalue weighted by Gasteiger charge is -2.12. The first kappa shape index (κ1) is 17.5. The Kier molecular flexibility index (Phi) is 5.17. The van der Waals surface area contributed by atoms with Crippen LogP contribution >= 0.6 is 0 Å². The maximum Gasteiger partial charge on any atom is 0.155 e. The van der Waals surface area contributed by atoms with E-state index in [9.17, 15) is 14.0 Å². The third kappa shape index (κ3) is 3.52. The van der Waals surface area contributed by atoms with Crippen molar-refractivity contribution < 1.29 is 18.7 Å². The number of halogens is 1. The molecule has 0 fully saturated rings. The number of aromatic nitrogens is 1. The first-order valence-electron chi connectivity index (χ1n) is 7.97. The molecule has 0 bridgehead atoms. The fourth-order valence-corrected chi connectivity index (χ4v) is 2.87. The maximum absolute atomic E-state index is 13.1. The second-order valence-corrected chi connectivity index (χ2v) is 5.74. The van der Waals surface area contributed by atoms with E-state index >= 15 is 0 Å². The van der Waals surface area contributed by atoms with Gasteiger partial charge in [-0.25, -0.2) is 4.39 Å². The van der Waals surface area contributed by atoms with E-state index in [1.54, 1.807) is 30.5 Å². The second kappa shape index (κ2) is 7.70. The fourth-order valence-electron chi connectivity index (χ4n) is 2.87. The Bertz CT molecular complexity index is 994. The van der Waals surface area contributed by atoms with Crippen LogP contribution in [0.3, 0.4) is 0 Å². The van der Waals surface area contributed by atoms with E-state index in [4.69, 9.17) is 4.74 Å².